The van der Waals surface area contributed by atoms with Crippen LogP contribution in [0.25, 0.3) is 0 Å². The average molecular weight is 520 g/mol. The van der Waals surface area contributed by atoms with Gasteiger partial charge >= 0.3 is 0 Å². The second kappa shape index (κ2) is 11.8. The van der Waals surface area contributed by atoms with Crippen LogP contribution in [-0.4, -0.2) is 67.6 Å². The van der Waals surface area contributed by atoms with Crippen molar-refractivity contribution in [3.8, 4) is 11.5 Å². The SMILES string of the molecule is CCOc1cc2c(cc1OCC)[C@H]1[C@H](C(=O)NCCCN3CCC(C)CC3)c3ccccc3C(=O)N1CC2. The molecule has 0 unspecified atom stereocenters. The highest BCUT2D eigenvalue weighted by molar-refractivity contribution is 6.01. The molecular formula is C31H41N3O4. The van der Waals surface area contributed by atoms with E-state index in [4.69, 9.17) is 9.47 Å². The van der Waals surface area contributed by atoms with Crippen LogP contribution in [0.3, 0.4) is 0 Å². The third kappa shape index (κ3) is 5.26. The van der Waals surface area contributed by atoms with Gasteiger partial charge in [-0.3, -0.25) is 9.59 Å². The van der Waals surface area contributed by atoms with Gasteiger partial charge in [0, 0.05) is 18.7 Å². The van der Waals surface area contributed by atoms with Gasteiger partial charge in [-0.25, -0.2) is 0 Å². The smallest absolute Gasteiger partial charge is 0.254 e. The van der Waals surface area contributed by atoms with Gasteiger partial charge < -0.3 is 24.6 Å². The van der Waals surface area contributed by atoms with E-state index in [9.17, 15) is 9.59 Å². The fourth-order valence-corrected chi connectivity index (χ4v) is 6.26. The lowest BCUT2D eigenvalue weighted by atomic mass is 9.75. The first-order valence-corrected chi connectivity index (χ1v) is 14.3. The van der Waals surface area contributed by atoms with Gasteiger partial charge in [0.15, 0.2) is 11.5 Å². The number of ether oxygens (including phenoxy) is 2. The molecule has 7 heteroatoms. The Balaban J connectivity index is 1.42. The minimum atomic E-state index is -0.480. The number of hydrogen-bond acceptors (Lipinski definition) is 5. The highest BCUT2D eigenvalue weighted by Gasteiger charge is 2.46. The van der Waals surface area contributed by atoms with Crippen LogP contribution in [0.1, 0.15) is 79.0 Å². The fraction of sp³-hybridized carbons (Fsp3) is 0.548. The van der Waals surface area contributed by atoms with Gasteiger partial charge in [-0.15, -0.1) is 0 Å². The average Bonchev–Trinajstić information content (AvgIpc) is 2.93. The molecule has 0 spiro atoms. The summed E-state index contributed by atoms with van der Waals surface area (Å²) in [4.78, 5) is 31.9. The molecule has 2 atom stereocenters. The number of likely N-dealkylation sites (tertiary alicyclic amines) is 1. The predicted molar refractivity (Wildman–Crippen MR) is 148 cm³/mol. The summed E-state index contributed by atoms with van der Waals surface area (Å²) in [6, 6.07) is 11.3. The molecule has 0 bridgehead atoms. The van der Waals surface area contributed by atoms with Gasteiger partial charge in [-0.2, -0.15) is 0 Å². The molecule has 3 aliphatic heterocycles. The van der Waals surface area contributed by atoms with E-state index in [1.54, 1.807) is 0 Å². The summed E-state index contributed by atoms with van der Waals surface area (Å²) in [5.74, 6) is 1.69. The van der Waals surface area contributed by atoms with Crippen molar-refractivity contribution in [2.45, 2.75) is 58.4 Å². The molecule has 38 heavy (non-hydrogen) atoms. The van der Waals surface area contributed by atoms with Gasteiger partial charge in [0.1, 0.15) is 0 Å². The van der Waals surface area contributed by atoms with Crippen LogP contribution >= 0.6 is 0 Å². The first-order chi connectivity index (χ1) is 18.5. The van der Waals surface area contributed by atoms with Gasteiger partial charge in [0.05, 0.1) is 25.2 Å². The Labute approximate surface area is 226 Å². The first-order valence-electron chi connectivity index (χ1n) is 14.3. The fourth-order valence-electron chi connectivity index (χ4n) is 6.26. The Hall–Kier alpha value is -3.06. The molecule has 7 nitrogen and oxygen atoms in total. The van der Waals surface area contributed by atoms with Crippen LogP contribution in [0.4, 0.5) is 0 Å². The van der Waals surface area contributed by atoms with Crippen molar-refractivity contribution < 1.29 is 19.1 Å². The minimum Gasteiger partial charge on any atom is -0.490 e. The number of benzene rings is 2. The second-order valence-corrected chi connectivity index (χ2v) is 10.8. The molecule has 2 aromatic carbocycles. The van der Waals surface area contributed by atoms with Crippen molar-refractivity contribution in [3.63, 3.8) is 0 Å². The highest BCUT2D eigenvalue weighted by atomic mass is 16.5. The Morgan fingerprint density at radius 2 is 1.71 bits per heavy atom. The van der Waals surface area contributed by atoms with Crippen molar-refractivity contribution in [3.05, 3.63) is 58.7 Å². The number of amides is 2. The highest BCUT2D eigenvalue weighted by Crippen LogP contribution is 2.48. The minimum absolute atomic E-state index is 0.00790. The molecule has 3 heterocycles. The first kappa shape index (κ1) is 26.5. The molecule has 2 amide bonds. The lowest BCUT2D eigenvalue weighted by molar-refractivity contribution is -0.124. The van der Waals surface area contributed by atoms with Crippen LogP contribution in [0.15, 0.2) is 36.4 Å². The second-order valence-electron chi connectivity index (χ2n) is 10.8. The lowest BCUT2D eigenvalue weighted by Gasteiger charge is -2.45. The molecule has 5 rings (SSSR count). The van der Waals surface area contributed by atoms with Crippen molar-refractivity contribution in [1.82, 2.24) is 15.1 Å². The summed E-state index contributed by atoms with van der Waals surface area (Å²) in [7, 11) is 0. The van der Waals surface area contributed by atoms with E-state index in [0.717, 1.165) is 60.8 Å². The molecule has 0 aliphatic carbocycles. The number of nitrogens with zero attached hydrogens (tertiary/aromatic N) is 2. The number of nitrogens with one attached hydrogen (secondary N) is 1. The van der Waals surface area contributed by atoms with Crippen LogP contribution in [-0.2, 0) is 11.2 Å². The summed E-state index contributed by atoms with van der Waals surface area (Å²) in [5.41, 5.74) is 3.53. The maximum atomic E-state index is 13.9. The Kier molecular flexibility index (Phi) is 8.22. The molecule has 0 aromatic heterocycles. The molecular weight excluding hydrogens is 478 g/mol. The van der Waals surface area contributed by atoms with Gasteiger partial charge in [0.25, 0.3) is 5.91 Å². The maximum Gasteiger partial charge on any atom is 0.254 e. The van der Waals surface area contributed by atoms with Crippen molar-refractivity contribution in [2.24, 2.45) is 5.92 Å². The monoisotopic (exact) mass is 519 g/mol. The van der Waals surface area contributed by atoms with Crippen molar-refractivity contribution in [1.29, 1.82) is 0 Å². The zero-order valence-electron chi connectivity index (χ0n) is 23.0. The topological polar surface area (TPSA) is 71.1 Å². The van der Waals surface area contributed by atoms with Crippen LogP contribution in [0.2, 0.25) is 0 Å². The van der Waals surface area contributed by atoms with E-state index in [-0.39, 0.29) is 17.9 Å². The summed E-state index contributed by atoms with van der Waals surface area (Å²) in [5, 5.41) is 3.23. The zero-order chi connectivity index (χ0) is 26.6. The maximum absolute atomic E-state index is 13.9. The normalized spacial score (nSPS) is 21.3. The van der Waals surface area contributed by atoms with Gasteiger partial charge in [-0.05, 0) is 100.0 Å². The molecule has 0 radical (unpaired) electrons. The van der Waals surface area contributed by atoms with Crippen LogP contribution < -0.4 is 14.8 Å². The molecule has 1 saturated heterocycles. The number of carbonyl (C=O) groups is 2. The summed E-state index contributed by atoms with van der Waals surface area (Å²) in [6.45, 7) is 11.8. The molecule has 3 aliphatic rings. The Bertz CT molecular complexity index is 1160. The number of carbonyl (C=O) groups excluding carboxylic acids is 2. The molecule has 0 saturated carbocycles. The molecule has 204 valence electrons. The molecule has 2 aromatic rings. The number of rotatable bonds is 9. The Morgan fingerprint density at radius 1 is 1.00 bits per heavy atom. The third-order valence-corrected chi connectivity index (χ3v) is 8.29. The van der Waals surface area contributed by atoms with E-state index in [2.05, 4.69) is 17.1 Å². The van der Waals surface area contributed by atoms with E-state index < -0.39 is 5.92 Å². The number of hydrogen-bond donors (Lipinski definition) is 1. The molecule has 1 fully saturated rings. The summed E-state index contributed by atoms with van der Waals surface area (Å²) in [6.07, 6.45) is 4.15. The van der Waals surface area contributed by atoms with Crippen LogP contribution in [0, 0.1) is 5.92 Å². The van der Waals surface area contributed by atoms with E-state index in [1.165, 1.54) is 12.8 Å². The third-order valence-electron chi connectivity index (χ3n) is 8.29. The largest absolute Gasteiger partial charge is 0.490 e. The zero-order valence-corrected chi connectivity index (χ0v) is 23.0. The van der Waals surface area contributed by atoms with E-state index in [0.29, 0.717) is 37.6 Å². The van der Waals surface area contributed by atoms with E-state index >= 15 is 0 Å². The van der Waals surface area contributed by atoms with Gasteiger partial charge in [-0.1, -0.05) is 25.1 Å². The van der Waals surface area contributed by atoms with Crippen molar-refractivity contribution >= 4 is 11.8 Å². The van der Waals surface area contributed by atoms with Gasteiger partial charge in [0.2, 0.25) is 5.91 Å². The number of fused-ring (bicyclic) bond motifs is 4. The predicted octanol–water partition coefficient (Wildman–Crippen LogP) is 4.56. The Morgan fingerprint density at radius 3 is 2.45 bits per heavy atom. The quantitative estimate of drug-likeness (QED) is 0.492. The van der Waals surface area contributed by atoms with Crippen molar-refractivity contribution in [2.75, 3.05) is 45.9 Å². The summed E-state index contributed by atoms with van der Waals surface area (Å²) < 4.78 is 11.8. The standard InChI is InChI=1S/C31H41N3O4/c1-4-37-26-19-22-13-18-34-29(25(22)20-27(26)38-5-2)28(23-9-6-7-10-24(23)31(34)36)30(35)32-14-8-15-33-16-11-21(3)12-17-33/h6-7,9-10,19-21,28-29H,4-5,8,11-18H2,1-3H3,(H,32,35)/t28-,29+/m1/s1. The van der Waals surface area contributed by atoms with Crippen LogP contribution in [0.5, 0.6) is 11.5 Å². The number of piperidine rings is 1. The summed E-state index contributed by atoms with van der Waals surface area (Å²) >= 11 is 0. The molecule has 1 N–H and O–H groups in total. The lowest BCUT2D eigenvalue weighted by Crippen LogP contribution is -2.50. The van der Waals surface area contributed by atoms with E-state index in [1.807, 2.05) is 55.1 Å².